The van der Waals surface area contributed by atoms with E-state index in [0.717, 1.165) is 11.4 Å². The lowest BCUT2D eigenvalue weighted by atomic mass is 9.83. The summed E-state index contributed by atoms with van der Waals surface area (Å²) in [5.74, 6) is 0. The van der Waals surface area contributed by atoms with Gasteiger partial charge < -0.3 is 4.90 Å². The molecule has 0 aromatic heterocycles. The molecule has 134 valence electrons. The Morgan fingerprint density at radius 3 is 1.52 bits per heavy atom. The van der Waals surface area contributed by atoms with E-state index in [9.17, 15) is 0 Å². The number of nitrogens with zero attached hydrogens (tertiary/aromatic N) is 1. The van der Waals surface area contributed by atoms with Crippen LogP contribution in [-0.2, 0) is 5.41 Å². The van der Waals surface area contributed by atoms with Crippen molar-refractivity contribution in [1.29, 1.82) is 0 Å². The highest BCUT2D eigenvalue weighted by molar-refractivity contribution is 6.00. The predicted molar refractivity (Wildman–Crippen MR) is 117 cm³/mol. The van der Waals surface area contributed by atoms with Gasteiger partial charge in [0.1, 0.15) is 0 Å². The van der Waals surface area contributed by atoms with Crippen molar-refractivity contribution >= 4 is 27.8 Å². The molecule has 4 aromatic rings. The van der Waals surface area contributed by atoms with Gasteiger partial charge in [-0.2, -0.15) is 0 Å². The third-order valence-corrected chi connectivity index (χ3v) is 4.98. The van der Waals surface area contributed by atoms with Crippen LogP contribution in [0.2, 0.25) is 0 Å². The molecule has 0 saturated heterocycles. The van der Waals surface area contributed by atoms with Gasteiger partial charge in [-0.1, -0.05) is 87.5 Å². The second-order valence-electron chi connectivity index (χ2n) is 7.93. The first-order valence-corrected chi connectivity index (χ1v) is 9.48. The molecule has 0 fully saturated rings. The van der Waals surface area contributed by atoms with Crippen LogP contribution < -0.4 is 4.90 Å². The standard InChI is InChI=1S/C26H25N/c1-26(2,3)24-18-19-25(23-17-11-10-16-22(23)24)27(20-12-6-4-7-13-20)21-14-8-5-9-15-21/h4-19H,1-3H3. The van der Waals surface area contributed by atoms with E-state index in [1.54, 1.807) is 0 Å². The van der Waals surface area contributed by atoms with Gasteiger partial charge in [0.25, 0.3) is 0 Å². The maximum absolute atomic E-state index is 2.34. The van der Waals surface area contributed by atoms with E-state index in [1.165, 1.54) is 22.0 Å². The first-order chi connectivity index (χ1) is 13.1. The zero-order chi connectivity index (χ0) is 18.9. The van der Waals surface area contributed by atoms with Crippen LogP contribution in [0.4, 0.5) is 17.1 Å². The fourth-order valence-electron chi connectivity index (χ4n) is 3.71. The van der Waals surface area contributed by atoms with Crippen LogP contribution in [0, 0.1) is 0 Å². The molecule has 0 aliphatic carbocycles. The zero-order valence-electron chi connectivity index (χ0n) is 16.2. The second kappa shape index (κ2) is 6.92. The maximum atomic E-state index is 2.34. The van der Waals surface area contributed by atoms with Gasteiger partial charge in [0.2, 0.25) is 0 Å². The molecule has 0 aliphatic heterocycles. The van der Waals surface area contributed by atoms with Crippen molar-refractivity contribution in [3.8, 4) is 0 Å². The van der Waals surface area contributed by atoms with Crippen LogP contribution in [-0.4, -0.2) is 0 Å². The Morgan fingerprint density at radius 1 is 0.519 bits per heavy atom. The van der Waals surface area contributed by atoms with E-state index in [4.69, 9.17) is 0 Å². The topological polar surface area (TPSA) is 3.24 Å². The molecule has 0 spiro atoms. The van der Waals surface area contributed by atoms with Gasteiger partial charge in [0.15, 0.2) is 0 Å². The van der Waals surface area contributed by atoms with Crippen molar-refractivity contribution in [3.05, 3.63) is 103 Å². The van der Waals surface area contributed by atoms with Crippen molar-refractivity contribution in [2.45, 2.75) is 26.2 Å². The molecule has 1 heteroatoms. The van der Waals surface area contributed by atoms with E-state index in [-0.39, 0.29) is 5.41 Å². The van der Waals surface area contributed by atoms with Crippen LogP contribution >= 0.6 is 0 Å². The minimum Gasteiger partial charge on any atom is -0.310 e. The lowest BCUT2D eigenvalue weighted by Crippen LogP contribution is -2.14. The summed E-state index contributed by atoms with van der Waals surface area (Å²) >= 11 is 0. The van der Waals surface area contributed by atoms with Crippen molar-refractivity contribution in [1.82, 2.24) is 0 Å². The molecule has 0 radical (unpaired) electrons. The predicted octanol–water partition coefficient (Wildman–Crippen LogP) is 7.61. The van der Waals surface area contributed by atoms with Gasteiger partial charge in [-0.3, -0.25) is 0 Å². The summed E-state index contributed by atoms with van der Waals surface area (Å²) in [7, 11) is 0. The minimum absolute atomic E-state index is 0.0997. The number of para-hydroxylation sites is 2. The normalized spacial score (nSPS) is 11.5. The number of rotatable bonds is 3. The van der Waals surface area contributed by atoms with Crippen molar-refractivity contribution in [2.75, 3.05) is 4.90 Å². The molecule has 0 atom stereocenters. The van der Waals surface area contributed by atoms with Gasteiger partial charge in [-0.25, -0.2) is 0 Å². The van der Waals surface area contributed by atoms with Crippen LogP contribution in [0.5, 0.6) is 0 Å². The quantitative estimate of drug-likeness (QED) is 0.367. The van der Waals surface area contributed by atoms with Crippen LogP contribution in [0.15, 0.2) is 97.1 Å². The number of anilines is 3. The average Bonchev–Trinajstić information content (AvgIpc) is 2.69. The number of fused-ring (bicyclic) bond motifs is 1. The van der Waals surface area contributed by atoms with Crippen LogP contribution in [0.1, 0.15) is 26.3 Å². The van der Waals surface area contributed by atoms with Crippen molar-refractivity contribution < 1.29 is 0 Å². The molecule has 0 unspecified atom stereocenters. The third kappa shape index (κ3) is 3.33. The maximum Gasteiger partial charge on any atom is 0.0540 e. The molecule has 0 heterocycles. The minimum atomic E-state index is 0.0997. The Kier molecular flexibility index (Phi) is 4.45. The molecular weight excluding hydrogens is 326 g/mol. The monoisotopic (exact) mass is 351 g/mol. The van der Waals surface area contributed by atoms with E-state index in [0.29, 0.717) is 0 Å². The highest BCUT2D eigenvalue weighted by Gasteiger charge is 2.21. The fourth-order valence-corrected chi connectivity index (χ4v) is 3.71. The SMILES string of the molecule is CC(C)(C)c1ccc(N(c2ccccc2)c2ccccc2)c2ccccc12. The molecule has 4 aromatic carbocycles. The van der Waals surface area contributed by atoms with E-state index in [1.807, 2.05) is 0 Å². The number of benzene rings is 4. The molecule has 0 bridgehead atoms. The molecule has 1 nitrogen and oxygen atoms in total. The summed E-state index contributed by atoms with van der Waals surface area (Å²) in [6.07, 6.45) is 0. The van der Waals surface area contributed by atoms with Crippen molar-refractivity contribution in [3.63, 3.8) is 0 Å². The molecule has 4 rings (SSSR count). The van der Waals surface area contributed by atoms with Gasteiger partial charge in [-0.05, 0) is 46.7 Å². The second-order valence-corrected chi connectivity index (χ2v) is 7.93. The zero-order valence-corrected chi connectivity index (χ0v) is 16.2. The summed E-state index contributed by atoms with van der Waals surface area (Å²) in [6, 6.07) is 34.5. The summed E-state index contributed by atoms with van der Waals surface area (Å²) in [5, 5.41) is 2.59. The van der Waals surface area contributed by atoms with Gasteiger partial charge in [0.05, 0.1) is 5.69 Å². The molecule has 0 saturated carbocycles. The first kappa shape index (κ1) is 17.4. The summed E-state index contributed by atoms with van der Waals surface area (Å²) in [5.41, 5.74) is 5.01. The molecule has 0 N–H and O–H groups in total. The highest BCUT2D eigenvalue weighted by atomic mass is 15.1. The molecule has 0 aliphatic rings. The number of hydrogen-bond donors (Lipinski definition) is 0. The lowest BCUT2D eigenvalue weighted by molar-refractivity contribution is 0.596. The van der Waals surface area contributed by atoms with E-state index in [2.05, 4.69) is 123 Å². The van der Waals surface area contributed by atoms with Crippen molar-refractivity contribution in [2.24, 2.45) is 0 Å². The van der Waals surface area contributed by atoms with Crippen LogP contribution in [0.25, 0.3) is 10.8 Å². The first-order valence-electron chi connectivity index (χ1n) is 9.48. The Bertz CT molecular complexity index is 1000. The number of hydrogen-bond acceptors (Lipinski definition) is 1. The van der Waals surface area contributed by atoms with Gasteiger partial charge in [0, 0.05) is 16.8 Å². The summed E-state index contributed by atoms with van der Waals surface area (Å²) < 4.78 is 0. The van der Waals surface area contributed by atoms with Gasteiger partial charge >= 0.3 is 0 Å². The molecular formula is C26H25N. The Morgan fingerprint density at radius 2 is 1.00 bits per heavy atom. The van der Waals surface area contributed by atoms with Crippen LogP contribution in [0.3, 0.4) is 0 Å². The average molecular weight is 351 g/mol. The van der Waals surface area contributed by atoms with Gasteiger partial charge in [-0.15, -0.1) is 0 Å². The summed E-state index contributed by atoms with van der Waals surface area (Å²) in [6.45, 7) is 6.84. The third-order valence-electron chi connectivity index (χ3n) is 4.98. The Hall–Kier alpha value is -3.06. The largest absolute Gasteiger partial charge is 0.310 e. The highest BCUT2D eigenvalue weighted by Crippen LogP contribution is 2.41. The fraction of sp³-hybridized carbons (Fsp3) is 0.154. The molecule has 27 heavy (non-hydrogen) atoms. The summed E-state index contributed by atoms with van der Waals surface area (Å²) in [4.78, 5) is 2.34. The Labute approximate surface area is 161 Å². The van der Waals surface area contributed by atoms with E-state index >= 15 is 0 Å². The smallest absolute Gasteiger partial charge is 0.0540 e. The van der Waals surface area contributed by atoms with E-state index < -0.39 is 0 Å². The lowest BCUT2D eigenvalue weighted by Gasteiger charge is -2.29. The Balaban J connectivity index is 2.01. The molecule has 0 amide bonds.